The lowest BCUT2D eigenvalue weighted by Gasteiger charge is -2.11. The first-order chi connectivity index (χ1) is 8.22. The van der Waals surface area contributed by atoms with Gasteiger partial charge in [0.15, 0.2) is 0 Å². The molecule has 0 aromatic carbocycles. The molecule has 0 bridgehead atoms. The number of hydrogen-bond donors (Lipinski definition) is 1. The Hall–Kier alpha value is -1.62. The SMILES string of the molecule is CCOC(=O)/C=C/CNC(C)Cn1cccn1. The summed E-state index contributed by atoms with van der Waals surface area (Å²) in [6.07, 6.45) is 6.88. The average Bonchev–Trinajstić information content (AvgIpc) is 2.77. The summed E-state index contributed by atoms with van der Waals surface area (Å²) in [5, 5.41) is 7.38. The Labute approximate surface area is 101 Å². The van der Waals surface area contributed by atoms with E-state index < -0.39 is 0 Å². The van der Waals surface area contributed by atoms with Crippen LogP contribution in [0.3, 0.4) is 0 Å². The molecule has 1 heterocycles. The van der Waals surface area contributed by atoms with Crippen molar-refractivity contribution in [2.24, 2.45) is 0 Å². The van der Waals surface area contributed by atoms with Crippen molar-refractivity contribution in [2.45, 2.75) is 26.4 Å². The summed E-state index contributed by atoms with van der Waals surface area (Å²) in [5.74, 6) is -0.297. The molecule has 0 saturated heterocycles. The minimum absolute atomic E-state index is 0.293. The molecule has 5 heteroatoms. The Balaban J connectivity index is 2.15. The van der Waals surface area contributed by atoms with E-state index in [-0.39, 0.29) is 5.97 Å². The third kappa shape index (κ3) is 5.87. The molecule has 0 fully saturated rings. The number of carbonyl (C=O) groups excluding carboxylic acids is 1. The number of hydrogen-bond acceptors (Lipinski definition) is 4. The van der Waals surface area contributed by atoms with Gasteiger partial charge in [-0.1, -0.05) is 6.08 Å². The van der Waals surface area contributed by atoms with Gasteiger partial charge in [0.05, 0.1) is 13.2 Å². The number of nitrogens with one attached hydrogen (secondary N) is 1. The maximum atomic E-state index is 11.0. The van der Waals surface area contributed by atoms with Gasteiger partial charge in [0.2, 0.25) is 0 Å². The molecule has 0 aliphatic carbocycles. The zero-order valence-electron chi connectivity index (χ0n) is 10.3. The van der Waals surface area contributed by atoms with Gasteiger partial charge in [-0.05, 0) is 19.9 Å². The van der Waals surface area contributed by atoms with E-state index in [4.69, 9.17) is 4.74 Å². The molecule has 1 aromatic rings. The summed E-state index contributed by atoms with van der Waals surface area (Å²) in [4.78, 5) is 11.0. The summed E-state index contributed by atoms with van der Waals surface area (Å²) in [6, 6.07) is 2.19. The molecule has 1 N–H and O–H groups in total. The molecule has 5 nitrogen and oxygen atoms in total. The largest absolute Gasteiger partial charge is 0.463 e. The second kappa shape index (κ2) is 7.62. The smallest absolute Gasteiger partial charge is 0.330 e. The molecule has 0 radical (unpaired) electrons. The third-order valence-electron chi connectivity index (χ3n) is 2.14. The molecular weight excluding hydrogens is 218 g/mol. The van der Waals surface area contributed by atoms with Crippen LogP contribution < -0.4 is 5.32 Å². The lowest BCUT2D eigenvalue weighted by molar-refractivity contribution is -0.137. The molecule has 0 amide bonds. The summed E-state index contributed by atoms with van der Waals surface area (Å²) in [6.45, 7) is 5.71. The van der Waals surface area contributed by atoms with Gasteiger partial charge >= 0.3 is 5.97 Å². The van der Waals surface area contributed by atoms with E-state index in [1.165, 1.54) is 6.08 Å². The van der Waals surface area contributed by atoms with Crippen LogP contribution in [0.4, 0.5) is 0 Å². The second-order valence-electron chi connectivity index (χ2n) is 3.69. The van der Waals surface area contributed by atoms with Crippen LogP contribution in [0.25, 0.3) is 0 Å². The summed E-state index contributed by atoms with van der Waals surface area (Å²) < 4.78 is 6.63. The highest BCUT2D eigenvalue weighted by Gasteiger charge is 2.00. The van der Waals surface area contributed by atoms with Crippen molar-refractivity contribution in [3.8, 4) is 0 Å². The predicted molar refractivity (Wildman–Crippen MR) is 65.5 cm³/mol. The fraction of sp³-hybridized carbons (Fsp3) is 0.500. The van der Waals surface area contributed by atoms with Crippen LogP contribution in [0.1, 0.15) is 13.8 Å². The highest BCUT2D eigenvalue weighted by atomic mass is 16.5. The Morgan fingerprint density at radius 2 is 2.47 bits per heavy atom. The van der Waals surface area contributed by atoms with E-state index >= 15 is 0 Å². The first kappa shape index (κ1) is 13.4. The summed E-state index contributed by atoms with van der Waals surface area (Å²) in [7, 11) is 0. The van der Waals surface area contributed by atoms with Crippen molar-refractivity contribution in [1.82, 2.24) is 15.1 Å². The van der Waals surface area contributed by atoms with E-state index in [2.05, 4.69) is 17.3 Å². The van der Waals surface area contributed by atoms with Gasteiger partial charge < -0.3 is 10.1 Å². The van der Waals surface area contributed by atoms with Gasteiger partial charge in [0.25, 0.3) is 0 Å². The van der Waals surface area contributed by atoms with Crippen molar-refractivity contribution in [3.63, 3.8) is 0 Å². The molecule has 0 aliphatic heterocycles. The van der Waals surface area contributed by atoms with E-state index in [1.807, 2.05) is 16.9 Å². The van der Waals surface area contributed by atoms with Gasteiger partial charge in [0, 0.05) is 31.1 Å². The van der Waals surface area contributed by atoms with Crippen LogP contribution in [-0.4, -0.2) is 34.9 Å². The maximum Gasteiger partial charge on any atom is 0.330 e. The van der Waals surface area contributed by atoms with Crippen LogP contribution in [0.2, 0.25) is 0 Å². The highest BCUT2D eigenvalue weighted by Crippen LogP contribution is 1.90. The Bertz CT molecular complexity index is 347. The van der Waals surface area contributed by atoms with Crippen LogP contribution >= 0.6 is 0 Å². The number of rotatable bonds is 7. The molecule has 1 unspecified atom stereocenters. The van der Waals surface area contributed by atoms with E-state index in [0.717, 1.165) is 6.54 Å². The molecule has 0 aliphatic rings. The van der Waals surface area contributed by atoms with Crippen LogP contribution in [0.5, 0.6) is 0 Å². The zero-order chi connectivity index (χ0) is 12.5. The average molecular weight is 237 g/mol. The van der Waals surface area contributed by atoms with E-state index in [9.17, 15) is 4.79 Å². The van der Waals surface area contributed by atoms with E-state index in [0.29, 0.717) is 19.2 Å². The number of ether oxygens (including phenoxy) is 1. The van der Waals surface area contributed by atoms with Crippen LogP contribution in [0.15, 0.2) is 30.6 Å². The first-order valence-electron chi connectivity index (χ1n) is 5.76. The van der Waals surface area contributed by atoms with Crippen molar-refractivity contribution in [3.05, 3.63) is 30.6 Å². The van der Waals surface area contributed by atoms with Gasteiger partial charge in [-0.25, -0.2) is 4.79 Å². The topological polar surface area (TPSA) is 56.1 Å². The zero-order valence-corrected chi connectivity index (χ0v) is 10.3. The van der Waals surface area contributed by atoms with Gasteiger partial charge in [-0.2, -0.15) is 5.10 Å². The fourth-order valence-corrected chi connectivity index (χ4v) is 1.37. The predicted octanol–water partition coefficient (Wildman–Crippen LogP) is 0.980. The second-order valence-corrected chi connectivity index (χ2v) is 3.69. The molecule has 0 spiro atoms. The molecule has 17 heavy (non-hydrogen) atoms. The number of nitrogens with zero attached hydrogens (tertiary/aromatic N) is 2. The van der Waals surface area contributed by atoms with Crippen molar-refractivity contribution < 1.29 is 9.53 Å². The van der Waals surface area contributed by atoms with Crippen molar-refractivity contribution in [1.29, 1.82) is 0 Å². The molecule has 0 saturated carbocycles. The highest BCUT2D eigenvalue weighted by molar-refractivity contribution is 5.81. The lowest BCUT2D eigenvalue weighted by atomic mass is 10.3. The Morgan fingerprint density at radius 1 is 1.65 bits per heavy atom. The Kier molecular flexibility index (Phi) is 6.03. The van der Waals surface area contributed by atoms with Crippen molar-refractivity contribution >= 4 is 5.97 Å². The van der Waals surface area contributed by atoms with Crippen LogP contribution in [-0.2, 0) is 16.1 Å². The Morgan fingerprint density at radius 3 is 3.12 bits per heavy atom. The van der Waals surface area contributed by atoms with Gasteiger partial charge in [-0.3, -0.25) is 4.68 Å². The minimum Gasteiger partial charge on any atom is -0.463 e. The standard InChI is InChI=1S/C12H19N3O2/c1-3-17-12(16)6-4-7-13-11(2)10-15-9-5-8-14-15/h4-6,8-9,11,13H,3,7,10H2,1-2H3/b6-4+. The summed E-state index contributed by atoms with van der Waals surface area (Å²) >= 11 is 0. The lowest BCUT2D eigenvalue weighted by Crippen LogP contribution is -2.30. The van der Waals surface area contributed by atoms with E-state index in [1.54, 1.807) is 19.2 Å². The van der Waals surface area contributed by atoms with Crippen LogP contribution in [0, 0.1) is 0 Å². The molecule has 1 rings (SSSR count). The molecule has 1 aromatic heterocycles. The summed E-state index contributed by atoms with van der Waals surface area (Å²) in [5.41, 5.74) is 0. The third-order valence-corrected chi connectivity index (χ3v) is 2.14. The maximum absolute atomic E-state index is 11.0. The van der Waals surface area contributed by atoms with Gasteiger partial charge in [-0.15, -0.1) is 0 Å². The van der Waals surface area contributed by atoms with Gasteiger partial charge in [0.1, 0.15) is 0 Å². The fourth-order valence-electron chi connectivity index (χ4n) is 1.37. The number of esters is 1. The molecule has 94 valence electrons. The first-order valence-corrected chi connectivity index (χ1v) is 5.76. The normalized spacial score (nSPS) is 12.8. The molecule has 1 atom stereocenters. The number of carbonyl (C=O) groups is 1. The monoisotopic (exact) mass is 237 g/mol. The quantitative estimate of drug-likeness (QED) is 0.567. The van der Waals surface area contributed by atoms with Crippen molar-refractivity contribution in [2.75, 3.05) is 13.2 Å². The molecular formula is C12H19N3O2. The minimum atomic E-state index is -0.297. The number of aromatic nitrogens is 2.